The van der Waals surface area contributed by atoms with Gasteiger partial charge in [0.2, 0.25) is 0 Å². The molecule has 17 heavy (non-hydrogen) atoms. The van der Waals surface area contributed by atoms with E-state index < -0.39 is 0 Å². The molecule has 94 valence electrons. The normalized spacial score (nSPS) is 24.8. The van der Waals surface area contributed by atoms with Gasteiger partial charge in [0.25, 0.3) is 0 Å². The minimum Gasteiger partial charge on any atom is -0.381 e. The molecule has 1 saturated carbocycles. The van der Waals surface area contributed by atoms with Crippen LogP contribution in [-0.4, -0.2) is 19.3 Å². The van der Waals surface area contributed by atoms with Crippen LogP contribution in [-0.2, 0) is 11.3 Å². The molecule has 0 saturated heterocycles. The van der Waals surface area contributed by atoms with Crippen LogP contribution in [0, 0.1) is 0 Å². The van der Waals surface area contributed by atoms with Crippen molar-refractivity contribution in [3.8, 4) is 0 Å². The maximum Gasteiger partial charge on any atom is 0.0572 e. The van der Waals surface area contributed by atoms with Crippen LogP contribution in [0.15, 0.2) is 28.7 Å². The lowest BCUT2D eigenvalue weighted by Gasteiger charge is -2.28. The van der Waals surface area contributed by atoms with Gasteiger partial charge in [-0.2, -0.15) is 0 Å². The summed E-state index contributed by atoms with van der Waals surface area (Å²) in [4.78, 5) is 0. The van der Waals surface area contributed by atoms with E-state index in [1.54, 1.807) is 0 Å². The molecular weight excluding hydrogens is 278 g/mol. The number of nitrogens with one attached hydrogen (secondary N) is 1. The van der Waals surface area contributed by atoms with Gasteiger partial charge in [-0.3, -0.25) is 0 Å². The number of rotatable bonds is 4. The second-order valence-corrected chi connectivity index (χ2v) is 5.63. The van der Waals surface area contributed by atoms with Gasteiger partial charge in [0.05, 0.1) is 6.10 Å². The molecule has 1 aromatic rings. The second-order valence-electron chi connectivity index (χ2n) is 4.72. The van der Waals surface area contributed by atoms with E-state index >= 15 is 0 Å². The van der Waals surface area contributed by atoms with E-state index in [0.717, 1.165) is 11.0 Å². The zero-order valence-corrected chi connectivity index (χ0v) is 11.9. The summed E-state index contributed by atoms with van der Waals surface area (Å²) in [5.41, 5.74) is 1.35. The van der Waals surface area contributed by atoms with E-state index in [2.05, 4.69) is 45.5 Å². The Hall–Kier alpha value is -0.380. The van der Waals surface area contributed by atoms with E-state index in [-0.39, 0.29) is 0 Å². The van der Waals surface area contributed by atoms with Gasteiger partial charge in [0.15, 0.2) is 0 Å². The second kappa shape index (κ2) is 6.53. The highest BCUT2D eigenvalue weighted by molar-refractivity contribution is 9.10. The largest absolute Gasteiger partial charge is 0.381 e. The van der Waals surface area contributed by atoms with Gasteiger partial charge in [-0.1, -0.05) is 28.1 Å². The third-order valence-corrected chi connectivity index (χ3v) is 4.04. The Morgan fingerprint density at radius 1 is 1.18 bits per heavy atom. The Morgan fingerprint density at radius 2 is 1.82 bits per heavy atom. The van der Waals surface area contributed by atoms with Crippen LogP contribution in [0.25, 0.3) is 0 Å². The fraction of sp³-hybridized carbons (Fsp3) is 0.571. The minimum atomic E-state index is 0.487. The molecule has 1 fully saturated rings. The molecule has 0 bridgehead atoms. The summed E-state index contributed by atoms with van der Waals surface area (Å²) < 4.78 is 6.52. The molecule has 1 aliphatic carbocycles. The third kappa shape index (κ3) is 4.09. The Balaban J connectivity index is 1.74. The van der Waals surface area contributed by atoms with Crippen LogP contribution in [0.4, 0.5) is 0 Å². The lowest BCUT2D eigenvalue weighted by atomic mass is 9.93. The van der Waals surface area contributed by atoms with Crippen LogP contribution in [0.1, 0.15) is 31.2 Å². The predicted octanol–water partition coefficient (Wildman–Crippen LogP) is 3.50. The lowest BCUT2D eigenvalue weighted by Crippen LogP contribution is -2.34. The van der Waals surface area contributed by atoms with Crippen molar-refractivity contribution in [2.45, 2.75) is 44.4 Å². The van der Waals surface area contributed by atoms with Crippen LogP contribution < -0.4 is 5.32 Å². The molecule has 1 aliphatic rings. The maximum absolute atomic E-state index is 5.38. The molecule has 0 radical (unpaired) electrons. The summed E-state index contributed by atoms with van der Waals surface area (Å²) in [5.74, 6) is 0. The number of benzene rings is 1. The Morgan fingerprint density at radius 3 is 2.41 bits per heavy atom. The van der Waals surface area contributed by atoms with Crippen molar-refractivity contribution in [3.05, 3.63) is 34.3 Å². The highest BCUT2D eigenvalue weighted by Gasteiger charge is 2.19. The van der Waals surface area contributed by atoms with Crippen LogP contribution >= 0.6 is 15.9 Å². The number of ether oxygens (including phenoxy) is 1. The number of hydrogen-bond donors (Lipinski definition) is 1. The van der Waals surface area contributed by atoms with Gasteiger partial charge in [-0.25, -0.2) is 0 Å². The number of methoxy groups -OCH3 is 1. The van der Waals surface area contributed by atoms with Gasteiger partial charge < -0.3 is 10.1 Å². The maximum atomic E-state index is 5.38. The van der Waals surface area contributed by atoms with Crippen molar-refractivity contribution in [1.29, 1.82) is 0 Å². The van der Waals surface area contributed by atoms with E-state index in [9.17, 15) is 0 Å². The minimum absolute atomic E-state index is 0.487. The Bertz CT molecular complexity index is 331. The van der Waals surface area contributed by atoms with Gasteiger partial charge >= 0.3 is 0 Å². The van der Waals surface area contributed by atoms with E-state index in [4.69, 9.17) is 4.74 Å². The van der Waals surface area contributed by atoms with Crippen molar-refractivity contribution in [1.82, 2.24) is 5.32 Å². The van der Waals surface area contributed by atoms with Crippen molar-refractivity contribution in [3.63, 3.8) is 0 Å². The molecule has 0 unspecified atom stereocenters. The first-order valence-corrected chi connectivity index (χ1v) is 7.08. The molecule has 2 rings (SSSR count). The first-order valence-electron chi connectivity index (χ1n) is 6.28. The SMILES string of the molecule is COC1CCC(NCc2ccc(Br)cc2)CC1. The van der Waals surface area contributed by atoms with Crippen molar-refractivity contribution in [2.24, 2.45) is 0 Å². The molecular formula is C14H20BrNO. The summed E-state index contributed by atoms with van der Waals surface area (Å²) in [6.45, 7) is 0.968. The summed E-state index contributed by atoms with van der Waals surface area (Å²) in [6.07, 6.45) is 5.33. The monoisotopic (exact) mass is 297 g/mol. The first kappa shape index (κ1) is 13.1. The zero-order chi connectivity index (χ0) is 12.1. The number of hydrogen-bond acceptors (Lipinski definition) is 2. The highest BCUT2D eigenvalue weighted by Crippen LogP contribution is 2.21. The fourth-order valence-electron chi connectivity index (χ4n) is 2.37. The number of halogens is 1. The summed E-state index contributed by atoms with van der Waals surface area (Å²) in [5, 5.41) is 3.63. The first-order chi connectivity index (χ1) is 8.28. The summed E-state index contributed by atoms with van der Waals surface area (Å²) in [7, 11) is 1.82. The van der Waals surface area contributed by atoms with Crippen molar-refractivity contribution in [2.75, 3.05) is 7.11 Å². The van der Waals surface area contributed by atoms with Gasteiger partial charge in [-0.05, 0) is 43.4 Å². The molecule has 0 spiro atoms. The summed E-state index contributed by atoms with van der Waals surface area (Å²) in [6, 6.07) is 9.18. The molecule has 1 N–H and O–H groups in total. The van der Waals surface area contributed by atoms with E-state index in [0.29, 0.717) is 12.1 Å². The van der Waals surface area contributed by atoms with Gasteiger partial charge in [-0.15, -0.1) is 0 Å². The average Bonchev–Trinajstić information content (AvgIpc) is 2.39. The smallest absolute Gasteiger partial charge is 0.0572 e. The summed E-state index contributed by atoms with van der Waals surface area (Å²) >= 11 is 3.45. The molecule has 0 heterocycles. The molecule has 0 amide bonds. The third-order valence-electron chi connectivity index (χ3n) is 3.52. The molecule has 2 nitrogen and oxygen atoms in total. The highest BCUT2D eigenvalue weighted by atomic mass is 79.9. The van der Waals surface area contributed by atoms with Gasteiger partial charge in [0.1, 0.15) is 0 Å². The predicted molar refractivity (Wildman–Crippen MR) is 74.0 cm³/mol. The standard InChI is InChI=1S/C14H20BrNO/c1-17-14-8-6-13(7-9-14)16-10-11-2-4-12(15)5-3-11/h2-5,13-14,16H,6-10H2,1H3. The van der Waals surface area contributed by atoms with Crippen molar-refractivity contribution >= 4 is 15.9 Å². The van der Waals surface area contributed by atoms with Crippen molar-refractivity contribution < 1.29 is 4.74 Å². The zero-order valence-electron chi connectivity index (χ0n) is 10.3. The Kier molecular flexibility index (Phi) is 5.01. The van der Waals surface area contributed by atoms with Crippen LogP contribution in [0.5, 0.6) is 0 Å². The average molecular weight is 298 g/mol. The van der Waals surface area contributed by atoms with Crippen LogP contribution in [0.2, 0.25) is 0 Å². The molecule has 0 atom stereocenters. The molecule has 0 aromatic heterocycles. The van der Waals surface area contributed by atoms with E-state index in [1.165, 1.54) is 31.2 Å². The quantitative estimate of drug-likeness (QED) is 0.918. The fourth-order valence-corrected chi connectivity index (χ4v) is 2.63. The molecule has 3 heteroatoms. The van der Waals surface area contributed by atoms with Gasteiger partial charge in [0, 0.05) is 24.2 Å². The molecule has 0 aliphatic heterocycles. The lowest BCUT2D eigenvalue weighted by molar-refractivity contribution is 0.0624. The Labute approximate surface area is 112 Å². The van der Waals surface area contributed by atoms with Crippen LogP contribution in [0.3, 0.4) is 0 Å². The molecule has 1 aromatic carbocycles. The topological polar surface area (TPSA) is 21.3 Å². The van der Waals surface area contributed by atoms with E-state index in [1.807, 2.05) is 7.11 Å².